The Morgan fingerprint density at radius 1 is 1.17 bits per heavy atom. The second-order valence-corrected chi connectivity index (χ2v) is 14.4. The van der Waals surface area contributed by atoms with E-state index in [1.54, 1.807) is 41.6 Å². The predicted molar refractivity (Wildman–Crippen MR) is 179 cm³/mol. The average molecular weight is 670 g/mol. The van der Waals surface area contributed by atoms with Crippen molar-refractivity contribution in [1.82, 2.24) is 18.8 Å². The Balaban J connectivity index is 1.62. The predicted octanol–water partition coefficient (Wildman–Crippen LogP) is 3.72. The van der Waals surface area contributed by atoms with Crippen LogP contribution in [0.3, 0.4) is 0 Å². The number of rotatable bonds is 9. The smallest absolute Gasteiger partial charge is 0.261 e. The first-order valence-corrected chi connectivity index (χ1v) is 17.4. The monoisotopic (exact) mass is 669 g/mol. The summed E-state index contributed by atoms with van der Waals surface area (Å²) in [4.78, 5) is 32.8. The van der Waals surface area contributed by atoms with Crippen LogP contribution in [0.2, 0.25) is 0 Å². The number of aryl methyl sites for hydroxylation is 1. The molecule has 0 saturated carbocycles. The van der Waals surface area contributed by atoms with Crippen molar-refractivity contribution in [2.45, 2.75) is 69.7 Å². The van der Waals surface area contributed by atoms with Crippen LogP contribution >= 0.6 is 0 Å². The molecule has 13 heteroatoms. The van der Waals surface area contributed by atoms with Crippen molar-refractivity contribution >= 4 is 27.5 Å². The van der Waals surface area contributed by atoms with Gasteiger partial charge in [-0.3, -0.25) is 9.59 Å². The number of aliphatic hydroxyl groups excluding tert-OH is 1. The van der Waals surface area contributed by atoms with Gasteiger partial charge in [0.1, 0.15) is 5.75 Å². The highest BCUT2D eigenvalue weighted by atomic mass is 32.2. The number of nitrogens with zero attached hydrogens (tertiary/aromatic N) is 4. The second kappa shape index (κ2) is 16.4. The van der Waals surface area contributed by atoms with Crippen molar-refractivity contribution in [2.75, 3.05) is 38.7 Å². The first-order valence-electron chi connectivity index (χ1n) is 16.0. The molecule has 4 rings (SSSR count). The summed E-state index contributed by atoms with van der Waals surface area (Å²) < 4.78 is 42.0. The molecule has 4 atom stereocenters. The van der Waals surface area contributed by atoms with Crippen LogP contribution in [0.5, 0.6) is 5.75 Å². The molecular formula is C34H47N5O7S. The minimum Gasteiger partial charge on any atom is -0.490 e. The molecule has 2 aromatic carbocycles. The van der Waals surface area contributed by atoms with Gasteiger partial charge in [-0.1, -0.05) is 37.3 Å². The molecule has 1 aliphatic rings. The molecule has 1 aliphatic heterocycles. The quantitative estimate of drug-likeness (QED) is 0.351. The Bertz CT molecular complexity index is 1600. The number of carbonyl (C=O) groups is 2. The van der Waals surface area contributed by atoms with Crippen molar-refractivity contribution in [3.05, 3.63) is 72.2 Å². The third-order valence-electron chi connectivity index (χ3n) is 8.34. The molecule has 0 saturated heterocycles. The van der Waals surface area contributed by atoms with Gasteiger partial charge in [-0.2, -0.15) is 4.31 Å². The molecule has 12 nitrogen and oxygen atoms in total. The summed E-state index contributed by atoms with van der Waals surface area (Å²) in [7, 11) is -0.683. The Morgan fingerprint density at radius 2 is 1.91 bits per heavy atom. The molecule has 2 amide bonds. The summed E-state index contributed by atoms with van der Waals surface area (Å²) in [6.07, 6.45) is 4.54. The van der Waals surface area contributed by atoms with Crippen LogP contribution in [0.1, 0.15) is 56.0 Å². The minimum atomic E-state index is -3.88. The number of amides is 2. The number of imidazole rings is 1. The largest absolute Gasteiger partial charge is 0.490 e. The lowest BCUT2D eigenvalue weighted by Gasteiger charge is -2.35. The summed E-state index contributed by atoms with van der Waals surface area (Å²) in [5.74, 6) is -0.547. The van der Waals surface area contributed by atoms with Gasteiger partial charge in [0.2, 0.25) is 5.91 Å². The van der Waals surface area contributed by atoms with Crippen LogP contribution in [0.25, 0.3) is 0 Å². The van der Waals surface area contributed by atoms with Crippen LogP contribution in [0.4, 0.5) is 5.69 Å². The van der Waals surface area contributed by atoms with Crippen LogP contribution in [-0.4, -0.2) is 95.7 Å². The summed E-state index contributed by atoms with van der Waals surface area (Å²) in [6.45, 7) is 5.92. The highest BCUT2D eigenvalue weighted by molar-refractivity contribution is 7.89. The lowest BCUT2D eigenvalue weighted by Crippen LogP contribution is -2.48. The summed E-state index contributed by atoms with van der Waals surface area (Å²) in [5.41, 5.74) is 1.57. The van der Waals surface area contributed by atoms with E-state index in [1.807, 2.05) is 44.2 Å². The van der Waals surface area contributed by atoms with Crippen molar-refractivity contribution < 1.29 is 32.6 Å². The number of aliphatic hydroxyl groups is 1. The van der Waals surface area contributed by atoms with E-state index in [0.29, 0.717) is 24.5 Å². The fourth-order valence-corrected chi connectivity index (χ4v) is 6.62. The number of aromatic nitrogens is 2. The van der Waals surface area contributed by atoms with E-state index in [2.05, 4.69) is 10.3 Å². The molecule has 0 aliphatic carbocycles. The Labute approximate surface area is 277 Å². The van der Waals surface area contributed by atoms with E-state index >= 15 is 0 Å². The van der Waals surface area contributed by atoms with Gasteiger partial charge in [0.15, 0.2) is 5.03 Å². The van der Waals surface area contributed by atoms with Crippen molar-refractivity contribution in [1.29, 1.82) is 0 Å². The maximum Gasteiger partial charge on any atom is 0.261 e. The number of likely N-dealkylation sites (N-methyl/N-ethyl adjacent to an activating group) is 1. The summed E-state index contributed by atoms with van der Waals surface area (Å²) in [6, 6.07) is 13.8. The molecule has 3 aromatic rings. The van der Waals surface area contributed by atoms with Crippen molar-refractivity contribution in [3.63, 3.8) is 0 Å². The molecule has 256 valence electrons. The molecule has 1 aromatic heterocycles. The number of nitrogens with one attached hydrogen (secondary N) is 1. The molecular weight excluding hydrogens is 622 g/mol. The minimum absolute atomic E-state index is 0.0449. The maximum absolute atomic E-state index is 14.3. The van der Waals surface area contributed by atoms with Crippen LogP contribution in [0.15, 0.2) is 66.1 Å². The number of hydrogen-bond donors (Lipinski definition) is 2. The number of carbonyl (C=O) groups excluding carboxylic acids is 2. The zero-order valence-electron chi connectivity index (χ0n) is 27.8. The number of hydrogen-bond acceptors (Lipinski definition) is 8. The number of fused-ring (bicyclic) bond motifs is 1. The number of benzene rings is 2. The molecule has 2 heterocycles. The van der Waals surface area contributed by atoms with Crippen LogP contribution < -0.4 is 10.1 Å². The van der Waals surface area contributed by atoms with Gasteiger partial charge in [-0.05, 0) is 56.9 Å². The van der Waals surface area contributed by atoms with Crippen LogP contribution in [0, 0.1) is 5.92 Å². The molecule has 47 heavy (non-hydrogen) atoms. The van der Waals surface area contributed by atoms with Gasteiger partial charge in [0, 0.05) is 51.6 Å². The Morgan fingerprint density at radius 3 is 2.60 bits per heavy atom. The molecule has 0 fully saturated rings. The van der Waals surface area contributed by atoms with E-state index in [9.17, 15) is 23.1 Å². The van der Waals surface area contributed by atoms with Crippen molar-refractivity contribution in [3.8, 4) is 5.75 Å². The van der Waals surface area contributed by atoms with Gasteiger partial charge in [-0.25, -0.2) is 13.4 Å². The molecule has 0 bridgehead atoms. The fraction of sp³-hybridized carbons (Fsp3) is 0.500. The number of sulfonamides is 1. The molecule has 2 N–H and O–H groups in total. The maximum atomic E-state index is 14.3. The molecule has 0 spiro atoms. The third kappa shape index (κ3) is 9.63. The van der Waals surface area contributed by atoms with Gasteiger partial charge in [-0.15, -0.1) is 0 Å². The van der Waals surface area contributed by atoms with E-state index in [4.69, 9.17) is 9.47 Å². The van der Waals surface area contributed by atoms with Gasteiger partial charge < -0.3 is 29.4 Å². The fourth-order valence-electron chi connectivity index (χ4n) is 5.48. The van der Waals surface area contributed by atoms with Gasteiger partial charge in [0.25, 0.3) is 15.9 Å². The Kier molecular flexibility index (Phi) is 12.6. The number of ether oxygens (including phenoxy) is 2. The topological polar surface area (TPSA) is 143 Å². The summed E-state index contributed by atoms with van der Waals surface area (Å²) in [5, 5.41) is 13.0. The Hall–Kier alpha value is -3.78. The zero-order chi connectivity index (χ0) is 34.1. The van der Waals surface area contributed by atoms with Crippen LogP contribution in [-0.2, 0) is 33.0 Å². The first-order chi connectivity index (χ1) is 22.4. The normalized spacial score (nSPS) is 20.6. The second-order valence-electron chi connectivity index (χ2n) is 12.4. The SMILES string of the molecule is C[C@@H]1CN([C@@H](C)CO)C(=O)c2cc(NC(=O)Cc3ccccc3)ccc2O[C@@H](C)CCCCO[C@@H]1CN(C)S(=O)(=O)c1cn(C)cn1. The number of anilines is 1. The van der Waals surface area contributed by atoms with E-state index < -0.39 is 22.2 Å². The van der Waals surface area contributed by atoms with Gasteiger partial charge >= 0.3 is 0 Å². The molecule has 0 unspecified atom stereocenters. The zero-order valence-corrected chi connectivity index (χ0v) is 28.7. The van der Waals surface area contributed by atoms with Crippen molar-refractivity contribution in [2.24, 2.45) is 13.0 Å². The average Bonchev–Trinajstić information content (AvgIpc) is 3.49. The lowest BCUT2D eigenvalue weighted by molar-refractivity contribution is -0.115. The highest BCUT2D eigenvalue weighted by Crippen LogP contribution is 2.29. The summed E-state index contributed by atoms with van der Waals surface area (Å²) >= 11 is 0. The third-order valence-corrected chi connectivity index (χ3v) is 10.0. The molecule has 0 radical (unpaired) electrons. The van der Waals surface area contributed by atoms with E-state index in [1.165, 1.54) is 23.9 Å². The van der Waals surface area contributed by atoms with E-state index in [0.717, 1.165) is 18.4 Å². The first kappa shape index (κ1) is 36.1. The van der Waals surface area contributed by atoms with E-state index in [-0.39, 0.29) is 60.5 Å². The highest BCUT2D eigenvalue weighted by Gasteiger charge is 2.33. The standard InChI is InChI=1S/C34H47N5O7S/c1-24-19-39(25(2)22-40)34(42)29-18-28(36-32(41)17-27-12-7-6-8-13-27)14-15-30(29)46-26(3)11-9-10-16-45-31(24)20-38(5)47(43,44)33-21-37(4)23-35-33/h6-8,12-15,18,21,23-26,31,40H,9-11,16-17,19-20,22H2,1-5H3,(H,36,41)/t24-,25+,26+,31-/m1/s1. The van der Waals surface area contributed by atoms with Gasteiger partial charge in [0.05, 0.1) is 43.2 Å². The lowest BCUT2D eigenvalue weighted by atomic mass is 10.0.